The van der Waals surface area contributed by atoms with Crippen LogP contribution < -0.4 is 15.8 Å². The van der Waals surface area contributed by atoms with Gasteiger partial charge in [0.15, 0.2) is 5.65 Å². The molecular formula is C25H30ClN9OS2. The van der Waals surface area contributed by atoms with Crippen LogP contribution in [-0.2, 0) is 17.5 Å². The van der Waals surface area contributed by atoms with Gasteiger partial charge in [0, 0.05) is 72.5 Å². The molecule has 1 spiro atoms. The highest BCUT2D eigenvalue weighted by Crippen LogP contribution is 2.54. The van der Waals surface area contributed by atoms with Crippen LogP contribution in [0.15, 0.2) is 52.9 Å². The Labute approximate surface area is 232 Å². The molecular weight excluding hydrogens is 542 g/mol. The van der Waals surface area contributed by atoms with Gasteiger partial charge in [-0.1, -0.05) is 23.4 Å². The highest BCUT2D eigenvalue weighted by atomic mass is 35.5. The number of aromatic nitrogens is 6. The van der Waals surface area contributed by atoms with Gasteiger partial charge < -0.3 is 10.6 Å². The molecule has 4 aromatic rings. The fraction of sp³-hybridized carbons (Fsp3) is 0.440. The SMILES string of the molecule is CC(C)(C[C@@H]1c2ccnn2CC12CCN(c1ncc(Sc3ccnc(N)c3Cl)c3nccn13)CC2)S(N)=O. The number of fused-ring (bicyclic) bond motifs is 2. The lowest BCUT2D eigenvalue weighted by Crippen LogP contribution is -2.45. The second kappa shape index (κ2) is 9.51. The van der Waals surface area contributed by atoms with E-state index >= 15 is 0 Å². The second-order valence-corrected chi connectivity index (χ2v) is 13.9. The summed E-state index contributed by atoms with van der Waals surface area (Å²) in [5, 5.41) is 10.9. The molecule has 6 rings (SSSR count). The lowest BCUT2D eigenvalue weighted by Gasteiger charge is -2.44. The largest absolute Gasteiger partial charge is 0.382 e. The molecule has 0 bridgehead atoms. The number of hydrogen-bond donors (Lipinski definition) is 2. The van der Waals surface area contributed by atoms with Crippen molar-refractivity contribution in [2.45, 2.75) is 60.1 Å². The van der Waals surface area contributed by atoms with E-state index in [2.05, 4.69) is 30.7 Å². The highest BCUT2D eigenvalue weighted by Gasteiger charge is 2.50. The monoisotopic (exact) mass is 571 g/mol. The van der Waals surface area contributed by atoms with E-state index in [1.807, 2.05) is 42.9 Å². The van der Waals surface area contributed by atoms with Crippen molar-refractivity contribution in [3.8, 4) is 0 Å². The van der Waals surface area contributed by atoms with Gasteiger partial charge in [-0.2, -0.15) is 5.10 Å². The molecule has 4 N–H and O–H groups in total. The summed E-state index contributed by atoms with van der Waals surface area (Å²) in [7, 11) is -1.41. The summed E-state index contributed by atoms with van der Waals surface area (Å²) in [4.78, 5) is 17.5. The molecule has 10 nitrogen and oxygen atoms in total. The number of nitrogen functional groups attached to an aromatic ring is 1. The molecule has 38 heavy (non-hydrogen) atoms. The predicted octanol–water partition coefficient (Wildman–Crippen LogP) is 3.88. The molecule has 0 radical (unpaired) electrons. The maximum absolute atomic E-state index is 12.3. The van der Waals surface area contributed by atoms with Crippen LogP contribution in [0.5, 0.6) is 0 Å². The predicted molar refractivity (Wildman–Crippen MR) is 151 cm³/mol. The average Bonchev–Trinajstić information content (AvgIpc) is 3.61. The Bertz CT molecular complexity index is 1530. The highest BCUT2D eigenvalue weighted by molar-refractivity contribution is 7.99. The van der Waals surface area contributed by atoms with Gasteiger partial charge in [-0.15, -0.1) is 0 Å². The van der Waals surface area contributed by atoms with E-state index in [1.54, 1.807) is 12.4 Å². The number of piperidine rings is 1. The first-order chi connectivity index (χ1) is 18.2. The van der Waals surface area contributed by atoms with Crippen LogP contribution in [0.1, 0.15) is 44.7 Å². The zero-order valence-electron chi connectivity index (χ0n) is 21.2. The van der Waals surface area contributed by atoms with Gasteiger partial charge in [0.25, 0.3) is 0 Å². The minimum absolute atomic E-state index is 0.0542. The van der Waals surface area contributed by atoms with Crippen molar-refractivity contribution >= 4 is 51.8 Å². The van der Waals surface area contributed by atoms with Crippen LogP contribution in [0.2, 0.25) is 5.02 Å². The Balaban J connectivity index is 1.25. The molecule has 2 aliphatic rings. The summed E-state index contributed by atoms with van der Waals surface area (Å²) in [6.45, 7) is 6.58. The second-order valence-electron chi connectivity index (χ2n) is 10.7. The maximum atomic E-state index is 12.3. The summed E-state index contributed by atoms with van der Waals surface area (Å²) in [6, 6.07) is 3.95. The van der Waals surface area contributed by atoms with E-state index < -0.39 is 15.7 Å². The standard InChI is InChI=1S/C25H30ClN9OS2/c1-24(2,38(28)36)13-16-17-3-8-32-35(17)15-25(16)5-10-33(11-6-25)23-31-14-19(22-30-9-12-34(22)23)37-18-4-7-29-21(27)20(18)26/h3-4,7-9,12,14,16H,5-6,10-11,13,15,28H2,1-2H3,(H2,27,29)/t16-,38?/m1/s1. The average molecular weight is 572 g/mol. The van der Waals surface area contributed by atoms with Gasteiger partial charge in [0.05, 0.1) is 25.7 Å². The fourth-order valence-electron chi connectivity index (χ4n) is 5.87. The molecule has 4 aromatic heterocycles. The Morgan fingerprint density at radius 2 is 1.95 bits per heavy atom. The molecule has 1 unspecified atom stereocenters. The molecule has 2 atom stereocenters. The van der Waals surface area contributed by atoms with Gasteiger partial charge in [-0.25, -0.2) is 19.2 Å². The number of pyridine rings is 1. The summed E-state index contributed by atoms with van der Waals surface area (Å²) >= 11 is 7.85. The van der Waals surface area contributed by atoms with Crippen molar-refractivity contribution in [1.82, 2.24) is 29.1 Å². The van der Waals surface area contributed by atoms with E-state index in [-0.39, 0.29) is 11.3 Å². The summed E-state index contributed by atoms with van der Waals surface area (Å²) in [6.07, 6.45) is 11.8. The molecule has 0 amide bonds. The van der Waals surface area contributed by atoms with Crippen LogP contribution in [0.3, 0.4) is 0 Å². The normalized spacial score (nSPS) is 19.8. The van der Waals surface area contributed by atoms with E-state index in [0.717, 1.165) is 60.3 Å². The van der Waals surface area contributed by atoms with Gasteiger partial charge in [0.1, 0.15) is 5.82 Å². The maximum Gasteiger partial charge on any atom is 0.211 e. The first kappa shape index (κ1) is 25.6. The van der Waals surface area contributed by atoms with Crippen LogP contribution in [0.25, 0.3) is 5.65 Å². The number of nitrogens with two attached hydrogens (primary N) is 2. The lowest BCUT2D eigenvalue weighted by molar-refractivity contribution is 0.155. The summed E-state index contributed by atoms with van der Waals surface area (Å²) in [5.74, 6) is 1.43. The molecule has 0 aliphatic carbocycles. The van der Waals surface area contributed by atoms with Gasteiger partial charge in [-0.3, -0.25) is 14.2 Å². The number of halogens is 1. The minimum atomic E-state index is -1.41. The zero-order valence-corrected chi connectivity index (χ0v) is 23.6. The van der Waals surface area contributed by atoms with Crippen molar-refractivity contribution in [3.05, 3.63) is 53.8 Å². The third-order valence-electron chi connectivity index (χ3n) is 8.07. The van der Waals surface area contributed by atoms with Crippen molar-refractivity contribution in [2.24, 2.45) is 10.6 Å². The van der Waals surface area contributed by atoms with Gasteiger partial charge in [0.2, 0.25) is 5.95 Å². The molecule has 2 aliphatic heterocycles. The Morgan fingerprint density at radius 3 is 2.71 bits per heavy atom. The minimum Gasteiger partial charge on any atom is -0.382 e. The first-order valence-electron chi connectivity index (χ1n) is 12.5. The fourth-order valence-corrected chi connectivity index (χ4v) is 7.34. The number of nitrogens with zero attached hydrogens (tertiary/aromatic N) is 7. The molecule has 6 heterocycles. The number of rotatable bonds is 6. The number of hydrogen-bond acceptors (Lipinski definition) is 8. The third kappa shape index (κ3) is 4.27. The van der Waals surface area contributed by atoms with Crippen LogP contribution in [0, 0.1) is 5.41 Å². The van der Waals surface area contributed by atoms with E-state index in [0.29, 0.717) is 10.8 Å². The number of imidazole rings is 1. The van der Waals surface area contributed by atoms with Gasteiger partial charge in [-0.05, 0) is 45.2 Å². The number of anilines is 2. The van der Waals surface area contributed by atoms with Crippen LogP contribution >= 0.6 is 23.4 Å². The molecule has 0 aromatic carbocycles. The van der Waals surface area contributed by atoms with Crippen LogP contribution in [0.4, 0.5) is 11.8 Å². The van der Waals surface area contributed by atoms with Crippen molar-refractivity contribution < 1.29 is 4.21 Å². The van der Waals surface area contributed by atoms with E-state index in [9.17, 15) is 4.21 Å². The van der Waals surface area contributed by atoms with Crippen molar-refractivity contribution in [3.63, 3.8) is 0 Å². The van der Waals surface area contributed by atoms with Crippen molar-refractivity contribution in [2.75, 3.05) is 23.7 Å². The smallest absolute Gasteiger partial charge is 0.211 e. The quantitative estimate of drug-likeness (QED) is 0.356. The van der Waals surface area contributed by atoms with Crippen LogP contribution in [-0.4, -0.2) is 51.2 Å². The Morgan fingerprint density at radius 1 is 1.16 bits per heavy atom. The molecule has 13 heteroatoms. The van der Waals surface area contributed by atoms with E-state index in [1.165, 1.54) is 17.5 Å². The van der Waals surface area contributed by atoms with Crippen molar-refractivity contribution in [1.29, 1.82) is 0 Å². The Kier molecular flexibility index (Phi) is 6.41. The zero-order chi connectivity index (χ0) is 26.7. The van der Waals surface area contributed by atoms with Gasteiger partial charge >= 0.3 is 0 Å². The molecule has 200 valence electrons. The topological polar surface area (TPSA) is 133 Å². The summed E-state index contributed by atoms with van der Waals surface area (Å²) in [5.41, 5.74) is 7.99. The molecule has 1 fully saturated rings. The lowest BCUT2D eigenvalue weighted by atomic mass is 9.67. The molecule has 0 saturated carbocycles. The Hall–Kier alpha value is -2.67. The van der Waals surface area contributed by atoms with E-state index in [4.69, 9.17) is 27.5 Å². The first-order valence-corrected chi connectivity index (χ1v) is 14.9. The third-order valence-corrected chi connectivity index (χ3v) is 10.9. The summed E-state index contributed by atoms with van der Waals surface area (Å²) < 4.78 is 16.0. The molecule has 1 saturated heterocycles.